The molecule has 4 nitrogen and oxygen atoms in total. The molecule has 0 saturated carbocycles. The molecular formula is C13H20N2O2. The second kappa shape index (κ2) is 5.89. The van der Waals surface area contributed by atoms with Crippen molar-refractivity contribution in [2.45, 2.75) is 6.92 Å². The number of benzene rings is 1. The summed E-state index contributed by atoms with van der Waals surface area (Å²) in [5.41, 5.74) is 7.63. The average molecular weight is 236 g/mol. The maximum Gasteiger partial charge on any atom is 0.119 e. The molecule has 0 bridgehead atoms. The van der Waals surface area contributed by atoms with Crippen molar-refractivity contribution in [3.05, 3.63) is 23.8 Å². The molecule has 0 amide bonds. The van der Waals surface area contributed by atoms with Gasteiger partial charge in [0.1, 0.15) is 12.4 Å². The molecule has 1 aromatic rings. The molecule has 0 atom stereocenters. The number of nitrogen functional groups attached to an aromatic ring is 1. The zero-order valence-corrected chi connectivity index (χ0v) is 10.3. The minimum atomic E-state index is 0.712. The second-order valence-corrected chi connectivity index (χ2v) is 4.32. The van der Waals surface area contributed by atoms with Crippen molar-refractivity contribution in [1.29, 1.82) is 0 Å². The van der Waals surface area contributed by atoms with E-state index in [1.54, 1.807) is 0 Å². The summed E-state index contributed by atoms with van der Waals surface area (Å²) in [6.07, 6.45) is 0. The van der Waals surface area contributed by atoms with Crippen LogP contribution in [0.5, 0.6) is 5.75 Å². The number of anilines is 1. The maximum absolute atomic E-state index is 5.76. The first kappa shape index (κ1) is 12.2. The van der Waals surface area contributed by atoms with E-state index in [-0.39, 0.29) is 0 Å². The molecule has 0 unspecified atom stereocenters. The normalized spacial score (nSPS) is 17.0. The number of hydrogen-bond acceptors (Lipinski definition) is 4. The molecule has 0 radical (unpaired) electrons. The lowest BCUT2D eigenvalue weighted by molar-refractivity contribution is 0.0322. The molecular weight excluding hydrogens is 216 g/mol. The number of aryl methyl sites for hydroxylation is 1. The first-order valence-corrected chi connectivity index (χ1v) is 6.05. The van der Waals surface area contributed by atoms with Gasteiger partial charge in [-0.25, -0.2) is 0 Å². The predicted molar refractivity (Wildman–Crippen MR) is 68.3 cm³/mol. The Morgan fingerprint density at radius 2 is 2.12 bits per heavy atom. The summed E-state index contributed by atoms with van der Waals surface area (Å²) in [5, 5.41) is 0. The third kappa shape index (κ3) is 3.61. The number of hydrogen-bond donors (Lipinski definition) is 1. The Hall–Kier alpha value is -1.26. The van der Waals surface area contributed by atoms with E-state index in [0.717, 1.165) is 49.8 Å². The molecule has 4 heteroatoms. The highest BCUT2D eigenvalue weighted by Gasteiger charge is 2.09. The Labute approximate surface area is 102 Å². The van der Waals surface area contributed by atoms with Crippen LogP contribution in [0.25, 0.3) is 0 Å². The van der Waals surface area contributed by atoms with Crippen molar-refractivity contribution in [1.82, 2.24) is 4.90 Å². The van der Waals surface area contributed by atoms with Gasteiger partial charge in [0, 0.05) is 25.3 Å². The zero-order valence-electron chi connectivity index (χ0n) is 10.3. The van der Waals surface area contributed by atoms with E-state index >= 15 is 0 Å². The number of ether oxygens (including phenoxy) is 2. The third-order valence-corrected chi connectivity index (χ3v) is 3.02. The van der Waals surface area contributed by atoms with Crippen molar-refractivity contribution in [3.8, 4) is 5.75 Å². The van der Waals surface area contributed by atoms with Crippen molar-refractivity contribution >= 4 is 5.69 Å². The van der Waals surface area contributed by atoms with Gasteiger partial charge < -0.3 is 15.2 Å². The number of morpholine rings is 1. The predicted octanol–water partition coefficient (Wildman–Crippen LogP) is 1.29. The van der Waals surface area contributed by atoms with Gasteiger partial charge in [0.25, 0.3) is 0 Å². The van der Waals surface area contributed by atoms with Crippen molar-refractivity contribution in [2.24, 2.45) is 0 Å². The van der Waals surface area contributed by atoms with Crippen LogP contribution in [-0.2, 0) is 4.74 Å². The summed E-state index contributed by atoms with van der Waals surface area (Å²) >= 11 is 0. The van der Waals surface area contributed by atoms with Gasteiger partial charge >= 0.3 is 0 Å². The van der Waals surface area contributed by atoms with Crippen LogP contribution >= 0.6 is 0 Å². The Bertz CT molecular complexity index is 362. The summed E-state index contributed by atoms with van der Waals surface area (Å²) in [5.74, 6) is 0.893. The van der Waals surface area contributed by atoms with Crippen LogP contribution in [0, 0.1) is 6.92 Å². The summed E-state index contributed by atoms with van der Waals surface area (Å²) in [7, 11) is 0. The van der Waals surface area contributed by atoms with E-state index in [4.69, 9.17) is 15.2 Å². The van der Waals surface area contributed by atoms with Crippen LogP contribution in [0.1, 0.15) is 5.56 Å². The van der Waals surface area contributed by atoms with Gasteiger partial charge in [-0.1, -0.05) is 0 Å². The molecule has 0 spiro atoms. The van der Waals surface area contributed by atoms with Gasteiger partial charge in [-0.05, 0) is 30.7 Å². The lowest BCUT2D eigenvalue weighted by atomic mass is 10.2. The Morgan fingerprint density at radius 3 is 2.82 bits per heavy atom. The van der Waals surface area contributed by atoms with Gasteiger partial charge in [0.2, 0.25) is 0 Å². The van der Waals surface area contributed by atoms with Crippen LogP contribution < -0.4 is 10.5 Å². The SMILES string of the molecule is Cc1cc(OCCN2CCOCC2)ccc1N. The van der Waals surface area contributed by atoms with E-state index in [1.807, 2.05) is 25.1 Å². The molecule has 0 aromatic heterocycles. The van der Waals surface area contributed by atoms with Crippen molar-refractivity contribution in [2.75, 3.05) is 45.2 Å². The minimum Gasteiger partial charge on any atom is -0.492 e. The van der Waals surface area contributed by atoms with Crippen LogP contribution in [0.2, 0.25) is 0 Å². The molecule has 1 heterocycles. The molecule has 1 aromatic carbocycles. The quantitative estimate of drug-likeness (QED) is 0.800. The minimum absolute atomic E-state index is 0.712. The summed E-state index contributed by atoms with van der Waals surface area (Å²) < 4.78 is 11.0. The standard InChI is InChI=1S/C13H20N2O2/c1-11-10-12(2-3-13(11)14)17-9-6-15-4-7-16-8-5-15/h2-3,10H,4-9,14H2,1H3. The van der Waals surface area contributed by atoms with E-state index in [0.29, 0.717) is 6.61 Å². The van der Waals surface area contributed by atoms with Crippen LogP contribution in [0.3, 0.4) is 0 Å². The van der Waals surface area contributed by atoms with E-state index in [1.165, 1.54) is 0 Å². The fraction of sp³-hybridized carbons (Fsp3) is 0.538. The maximum atomic E-state index is 5.76. The van der Waals surface area contributed by atoms with E-state index in [2.05, 4.69) is 4.90 Å². The number of rotatable bonds is 4. The highest BCUT2D eigenvalue weighted by molar-refractivity contribution is 5.49. The number of nitrogens with zero attached hydrogens (tertiary/aromatic N) is 1. The highest BCUT2D eigenvalue weighted by Crippen LogP contribution is 2.18. The van der Waals surface area contributed by atoms with Gasteiger partial charge in [-0.3, -0.25) is 4.90 Å². The summed E-state index contributed by atoms with van der Waals surface area (Å²) in [6, 6.07) is 5.79. The van der Waals surface area contributed by atoms with Crippen LogP contribution in [0.15, 0.2) is 18.2 Å². The molecule has 1 aliphatic rings. The topological polar surface area (TPSA) is 47.7 Å². The average Bonchev–Trinajstić information content (AvgIpc) is 2.35. The molecule has 17 heavy (non-hydrogen) atoms. The highest BCUT2D eigenvalue weighted by atomic mass is 16.5. The van der Waals surface area contributed by atoms with Crippen molar-refractivity contribution < 1.29 is 9.47 Å². The third-order valence-electron chi connectivity index (χ3n) is 3.02. The molecule has 94 valence electrons. The van der Waals surface area contributed by atoms with Crippen LogP contribution in [-0.4, -0.2) is 44.4 Å². The van der Waals surface area contributed by atoms with Crippen molar-refractivity contribution in [3.63, 3.8) is 0 Å². The van der Waals surface area contributed by atoms with Crippen LogP contribution in [0.4, 0.5) is 5.69 Å². The molecule has 2 N–H and O–H groups in total. The van der Waals surface area contributed by atoms with Gasteiger partial charge in [0.05, 0.1) is 13.2 Å². The van der Waals surface area contributed by atoms with Gasteiger partial charge in [-0.2, -0.15) is 0 Å². The Kier molecular flexibility index (Phi) is 4.23. The lowest BCUT2D eigenvalue weighted by Gasteiger charge is -2.26. The fourth-order valence-electron chi connectivity index (χ4n) is 1.86. The Balaban J connectivity index is 1.75. The van der Waals surface area contributed by atoms with Gasteiger partial charge in [0.15, 0.2) is 0 Å². The largest absolute Gasteiger partial charge is 0.492 e. The first-order valence-electron chi connectivity index (χ1n) is 6.05. The number of nitrogens with two attached hydrogens (primary N) is 1. The molecule has 0 aliphatic carbocycles. The fourth-order valence-corrected chi connectivity index (χ4v) is 1.86. The Morgan fingerprint density at radius 1 is 1.35 bits per heavy atom. The van der Waals surface area contributed by atoms with Gasteiger partial charge in [-0.15, -0.1) is 0 Å². The first-order chi connectivity index (χ1) is 8.25. The smallest absolute Gasteiger partial charge is 0.119 e. The monoisotopic (exact) mass is 236 g/mol. The molecule has 1 saturated heterocycles. The second-order valence-electron chi connectivity index (χ2n) is 4.32. The summed E-state index contributed by atoms with van der Waals surface area (Å²) in [6.45, 7) is 7.33. The lowest BCUT2D eigenvalue weighted by Crippen LogP contribution is -2.38. The molecule has 1 fully saturated rings. The summed E-state index contributed by atoms with van der Waals surface area (Å²) in [4.78, 5) is 2.35. The molecule has 2 rings (SSSR count). The van der Waals surface area contributed by atoms with E-state index < -0.39 is 0 Å². The van der Waals surface area contributed by atoms with E-state index in [9.17, 15) is 0 Å². The zero-order chi connectivity index (χ0) is 12.1. The molecule has 1 aliphatic heterocycles.